The summed E-state index contributed by atoms with van der Waals surface area (Å²) >= 11 is 0. The molecule has 0 aliphatic heterocycles. The van der Waals surface area contributed by atoms with E-state index in [4.69, 9.17) is 10.5 Å². The fraction of sp³-hybridized carbons (Fsp3) is 0.316. The molecule has 2 aromatic rings. The first-order valence-corrected chi connectivity index (χ1v) is 7.92. The number of ether oxygens (including phenoxy) is 1. The molecule has 4 nitrogen and oxygen atoms in total. The van der Waals surface area contributed by atoms with Gasteiger partial charge in [0.05, 0.1) is 0 Å². The summed E-state index contributed by atoms with van der Waals surface area (Å²) in [6, 6.07) is 18.1. The van der Waals surface area contributed by atoms with E-state index in [1.54, 1.807) is 0 Å². The third kappa shape index (κ3) is 7.02. The average Bonchev–Trinajstić information content (AvgIpc) is 2.55. The summed E-state index contributed by atoms with van der Waals surface area (Å²) in [6.45, 7) is 2.51. The quantitative estimate of drug-likeness (QED) is 0.771. The van der Waals surface area contributed by atoms with E-state index >= 15 is 0 Å². The Morgan fingerprint density at radius 1 is 1.12 bits per heavy atom. The second-order valence-corrected chi connectivity index (χ2v) is 5.67. The zero-order chi connectivity index (χ0) is 16.5. The number of benzene rings is 2. The number of amides is 1. The van der Waals surface area contributed by atoms with Gasteiger partial charge in [-0.1, -0.05) is 48.5 Å². The van der Waals surface area contributed by atoms with Gasteiger partial charge in [0.1, 0.15) is 5.75 Å². The second-order valence-electron chi connectivity index (χ2n) is 5.67. The molecule has 0 aliphatic rings. The van der Waals surface area contributed by atoms with Gasteiger partial charge in [0.25, 0.3) is 5.91 Å². The molecule has 1 unspecified atom stereocenters. The van der Waals surface area contributed by atoms with Crippen LogP contribution in [0, 0.1) is 0 Å². The van der Waals surface area contributed by atoms with Gasteiger partial charge in [-0.3, -0.25) is 4.79 Å². The molecule has 1 atom stereocenters. The van der Waals surface area contributed by atoms with Gasteiger partial charge in [-0.2, -0.15) is 0 Å². The maximum Gasteiger partial charge on any atom is 0.257 e. The van der Waals surface area contributed by atoms with Gasteiger partial charge in [-0.05, 0) is 30.5 Å². The minimum atomic E-state index is -0.125. The van der Waals surface area contributed by atoms with Crippen molar-refractivity contribution in [2.45, 2.75) is 25.8 Å². The van der Waals surface area contributed by atoms with Crippen LogP contribution in [0.3, 0.4) is 0 Å². The smallest absolute Gasteiger partial charge is 0.257 e. The summed E-state index contributed by atoms with van der Waals surface area (Å²) in [5.41, 5.74) is 7.94. The van der Waals surface area contributed by atoms with E-state index < -0.39 is 0 Å². The first kappa shape index (κ1) is 20.0. The van der Waals surface area contributed by atoms with Crippen LogP contribution in [0.1, 0.15) is 24.5 Å². The molecule has 3 N–H and O–H groups in total. The first-order valence-electron chi connectivity index (χ1n) is 7.92. The van der Waals surface area contributed by atoms with Crippen LogP contribution in [0.25, 0.3) is 0 Å². The summed E-state index contributed by atoms with van der Waals surface area (Å²) in [4.78, 5) is 11.8. The summed E-state index contributed by atoms with van der Waals surface area (Å²) in [7, 11) is 0. The lowest BCUT2D eigenvalue weighted by Crippen LogP contribution is -2.32. The van der Waals surface area contributed by atoms with Crippen molar-refractivity contribution in [3.8, 4) is 5.75 Å². The van der Waals surface area contributed by atoms with Gasteiger partial charge >= 0.3 is 0 Å². The van der Waals surface area contributed by atoms with Crippen molar-refractivity contribution in [1.82, 2.24) is 5.32 Å². The zero-order valence-corrected chi connectivity index (χ0v) is 14.7. The van der Waals surface area contributed by atoms with Gasteiger partial charge in [-0.15, -0.1) is 12.4 Å². The molecule has 2 rings (SSSR count). The predicted octanol–water partition coefficient (Wildman–Crippen LogP) is 2.93. The molecule has 0 aromatic heterocycles. The van der Waals surface area contributed by atoms with Crippen molar-refractivity contribution in [3.63, 3.8) is 0 Å². The van der Waals surface area contributed by atoms with Crippen molar-refractivity contribution in [2.75, 3.05) is 13.2 Å². The number of rotatable bonds is 8. The number of hydrogen-bond donors (Lipinski definition) is 2. The van der Waals surface area contributed by atoms with E-state index in [9.17, 15) is 4.79 Å². The molecule has 0 spiro atoms. The third-order valence-electron chi connectivity index (χ3n) is 3.49. The normalized spacial score (nSPS) is 11.2. The molecule has 0 bridgehead atoms. The molecule has 24 heavy (non-hydrogen) atoms. The van der Waals surface area contributed by atoms with Gasteiger partial charge < -0.3 is 15.8 Å². The highest BCUT2D eigenvalue weighted by atomic mass is 35.5. The SMILES string of the molecule is CC(N)CCNC(=O)COc1ccccc1Cc1ccccc1.Cl. The summed E-state index contributed by atoms with van der Waals surface area (Å²) in [5.74, 6) is 0.624. The number of nitrogens with one attached hydrogen (secondary N) is 1. The Labute approximate surface area is 149 Å². The Hall–Kier alpha value is -2.04. The average molecular weight is 349 g/mol. The summed E-state index contributed by atoms with van der Waals surface area (Å²) < 4.78 is 5.69. The van der Waals surface area contributed by atoms with Gasteiger partial charge in [-0.25, -0.2) is 0 Å². The Kier molecular flexibility index (Phi) is 8.90. The van der Waals surface area contributed by atoms with Crippen LogP contribution in [-0.2, 0) is 11.2 Å². The van der Waals surface area contributed by atoms with Crippen LogP contribution in [0.5, 0.6) is 5.75 Å². The van der Waals surface area contributed by atoms with E-state index in [-0.39, 0.29) is 31.0 Å². The standard InChI is InChI=1S/C19H24N2O2.ClH/c1-15(20)11-12-21-19(22)14-23-18-10-6-5-9-17(18)13-16-7-3-2-4-8-16;/h2-10,15H,11-14,20H2,1H3,(H,21,22);1H. The predicted molar refractivity (Wildman–Crippen MR) is 99.7 cm³/mol. The number of nitrogens with two attached hydrogens (primary N) is 1. The number of para-hydroxylation sites is 1. The van der Waals surface area contributed by atoms with Gasteiger partial charge in [0.2, 0.25) is 0 Å². The van der Waals surface area contributed by atoms with Crippen molar-refractivity contribution >= 4 is 18.3 Å². The molecule has 130 valence electrons. The fourth-order valence-corrected chi connectivity index (χ4v) is 2.24. The van der Waals surface area contributed by atoms with Crippen molar-refractivity contribution in [2.24, 2.45) is 5.73 Å². The molecule has 0 aliphatic carbocycles. The molecule has 0 saturated carbocycles. The Morgan fingerprint density at radius 2 is 1.79 bits per heavy atom. The minimum absolute atomic E-state index is 0. The highest BCUT2D eigenvalue weighted by molar-refractivity contribution is 5.85. The number of carbonyl (C=O) groups is 1. The van der Waals surface area contributed by atoms with Crippen LogP contribution in [0.15, 0.2) is 54.6 Å². The van der Waals surface area contributed by atoms with Crippen LogP contribution < -0.4 is 15.8 Å². The maximum absolute atomic E-state index is 11.8. The van der Waals surface area contributed by atoms with E-state index in [1.807, 2.05) is 49.4 Å². The molecular weight excluding hydrogens is 324 g/mol. The van der Waals surface area contributed by atoms with Crippen LogP contribution in [0.2, 0.25) is 0 Å². The molecule has 5 heteroatoms. The number of carbonyl (C=O) groups excluding carboxylic acids is 1. The number of halogens is 1. The third-order valence-corrected chi connectivity index (χ3v) is 3.49. The molecule has 0 saturated heterocycles. The summed E-state index contributed by atoms with van der Waals surface area (Å²) in [6.07, 6.45) is 1.54. The monoisotopic (exact) mass is 348 g/mol. The number of hydrogen-bond acceptors (Lipinski definition) is 3. The van der Waals surface area contributed by atoms with Crippen LogP contribution in [0.4, 0.5) is 0 Å². The Bertz CT molecular complexity index is 618. The molecular formula is C19H25ClN2O2. The first-order chi connectivity index (χ1) is 11.1. The minimum Gasteiger partial charge on any atom is -0.483 e. The molecule has 0 fully saturated rings. The molecule has 0 radical (unpaired) electrons. The molecule has 0 heterocycles. The molecule has 1 amide bonds. The largest absolute Gasteiger partial charge is 0.483 e. The lowest BCUT2D eigenvalue weighted by atomic mass is 10.0. The Morgan fingerprint density at radius 3 is 2.50 bits per heavy atom. The van der Waals surface area contributed by atoms with E-state index in [0.29, 0.717) is 6.54 Å². The highest BCUT2D eigenvalue weighted by Gasteiger charge is 2.07. The van der Waals surface area contributed by atoms with Crippen LogP contribution >= 0.6 is 12.4 Å². The van der Waals surface area contributed by atoms with Gasteiger partial charge in [0.15, 0.2) is 6.61 Å². The maximum atomic E-state index is 11.8. The molecule has 2 aromatic carbocycles. The van der Waals surface area contributed by atoms with Crippen molar-refractivity contribution < 1.29 is 9.53 Å². The van der Waals surface area contributed by atoms with Crippen molar-refractivity contribution in [3.05, 3.63) is 65.7 Å². The topological polar surface area (TPSA) is 64.3 Å². The van der Waals surface area contributed by atoms with Gasteiger partial charge in [0, 0.05) is 19.0 Å². The van der Waals surface area contributed by atoms with E-state index in [0.717, 1.165) is 24.2 Å². The highest BCUT2D eigenvalue weighted by Crippen LogP contribution is 2.21. The zero-order valence-electron chi connectivity index (χ0n) is 13.9. The van der Waals surface area contributed by atoms with Crippen molar-refractivity contribution in [1.29, 1.82) is 0 Å². The second kappa shape index (κ2) is 10.7. The fourth-order valence-electron chi connectivity index (χ4n) is 2.24. The lowest BCUT2D eigenvalue weighted by molar-refractivity contribution is -0.123. The van der Waals surface area contributed by atoms with E-state index in [2.05, 4.69) is 17.4 Å². The lowest BCUT2D eigenvalue weighted by Gasteiger charge is -2.12. The summed E-state index contributed by atoms with van der Waals surface area (Å²) in [5, 5.41) is 2.81. The van der Waals surface area contributed by atoms with Crippen LogP contribution in [-0.4, -0.2) is 25.1 Å². The Balaban J connectivity index is 0.00000288. The van der Waals surface area contributed by atoms with E-state index in [1.165, 1.54) is 5.56 Å².